The summed E-state index contributed by atoms with van der Waals surface area (Å²) in [7, 11) is 0. The Hall–Kier alpha value is 0.690. The van der Waals surface area contributed by atoms with Gasteiger partial charge >= 0.3 is 0 Å². The summed E-state index contributed by atoms with van der Waals surface area (Å²) in [5.41, 5.74) is 0.660. The average Bonchev–Trinajstić information content (AvgIpc) is 1.84. The molecule has 2 rings (SSSR count). The fourth-order valence-electron chi connectivity index (χ4n) is 2.27. The highest BCUT2D eigenvalue weighted by atomic mass is 127. The van der Waals surface area contributed by atoms with Crippen LogP contribution in [0.4, 0.5) is 0 Å². The third-order valence-corrected chi connectivity index (χ3v) is 4.79. The quantitative estimate of drug-likeness (QED) is 0.480. The van der Waals surface area contributed by atoms with E-state index < -0.39 is 0 Å². The second kappa shape index (κ2) is 2.87. The molecule has 0 aromatic rings. The van der Waals surface area contributed by atoms with Gasteiger partial charge in [-0.25, -0.2) is 3.11 Å². The van der Waals surface area contributed by atoms with Crippen molar-refractivity contribution in [2.45, 2.75) is 44.6 Å². The molecule has 2 aliphatic rings. The molecule has 1 aliphatic carbocycles. The lowest BCUT2D eigenvalue weighted by Gasteiger charge is -2.51. The van der Waals surface area contributed by atoms with Crippen LogP contribution in [0.5, 0.6) is 0 Å². The van der Waals surface area contributed by atoms with E-state index in [1.807, 2.05) is 0 Å². The van der Waals surface area contributed by atoms with Crippen LogP contribution in [-0.2, 0) is 0 Å². The van der Waals surface area contributed by atoms with Crippen molar-refractivity contribution in [1.29, 1.82) is 0 Å². The zero-order chi connectivity index (χ0) is 7.90. The van der Waals surface area contributed by atoms with Crippen molar-refractivity contribution in [2.75, 3.05) is 6.54 Å². The fourth-order valence-corrected chi connectivity index (χ4v) is 3.67. The molecule has 64 valence electrons. The van der Waals surface area contributed by atoms with Gasteiger partial charge in [-0.05, 0) is 38.0 Å². The second-order valence-corrected chi connectivity index (χ2v) is 5.43. The van der Waals surface area contributed by atoms with Crippen molar-refractivity contribution in [3.63, 3.8) is 0 Å². The van der Waals surface area contributed by atoms with Crippen molar-refractivity contribution in [1.82, 2.24) is 3.11 Å². The van der Waals surface area contributed by atoms with Gasteiger partial charge in [-0.3, -0.25) is 0 Å². The molecule has 1 saturated carbocycles. The van der Waals surface area contributed by atoms with E-state index in [-0.39, 0.29) is 0 Å². The largest absolute Gasteiger partial charge is 0.241 e. The number of hydrogen-bond donors (Lipinski definition) is 0. The highest BCUT2D eigenvalue weighted by Crippen LogP contribution is 2.47. The van der Waals surface area contributed by atoms with Crippen LogP contribution >= 0.6 is 22.9 Å². The topological polar surface area (TPSA) is 3.24 Å². The Labute approximate surface area is 83.0 Å². The van der Waals surface area contributed by atoms with Gasteiger partial charge in [0.2, 0.25) is 0 Å². The summed E-state index contributed by atoms with van der Waals surface area (Å²) in [6.45, 7) is 3.69. The Balaban J connectivity index is 2.01. The molecule has 0 bridgehead atoms. The van der Waals surface area contributed by atoms with E-state index in [2.05, 4.69) is 32.9 Å². The number of halogens is 1. The van der Waals surface area contributed by atoms with E-state index in [0.717, 1.165) is 5.92 Å². The van der Waals surface area contributed by atoms with E-state index in [4.69, 9.17) is 0 Å². The Morgan fingerprint density at radius 2 is 2.09 bits per heavy atom. The first-order chi connectivity index (χ1) is 5.23. The molecule has 1 nitrogen and oxygen atoms in total. The zero-order valence-corrected chi connectivity index (χ0v) is 9.30. The van der Waals surface area contributed by atoms with Crippen molar-refractivity contribution < 1.29 is 0 Å². The molecule has 1 aliphatic heterocycles. The van der Waals surface area contributed by atoms with Crippen LogP contribution in [-0.4, -0.2) is 15.2 Å². The van der Waals surface area contributed by atoms with Crippen molar-refractivity contribution in [3.8, 4) is 0 Å². The first-order valence-electron chi connectivity index (χ1n) is 4.66. The normalized spacial score (nSPS) is 37.1. The van der Waals surface area contributed by atoms with E-state index in [0.29, 0.717) is 5.54 Å². The summed E-state index contributed by atoms with van der Waals surface area (Å²) in [6, 6.07) is 0. The van der Waals surface area contributed by atoms with E-state index in [1.54, 1.807) is 0 Å². The van der Waals surface area contributed by atoms with Gasteiger partial charge in [-0.2, -0.15) is 0 Å². The van der Waals surface area contributed by atoms with Gasteiger partial charge in [0.1, 0.15) is 0 Å². The Morgan fingerprint density at radius 1 is 1.36 bits per heavy atom. The molecular formula is C9H16IN. The molecule has 1 heterocycles. The number of rotatable bonds is 0. The molecule has 1 atom stereocenters. The average molecular weight is 265 g/mol. The minimum absolute atomic E-state index is 0.660. The lowest BCUT2D eigenvalue weighted by atomic mass is 9.70. The van der Waals surface area contributed by atoms with E-state index in [9.17, 15) is 0 Å². The van der Waals surface area contributed by atoms with Gasteiger partial charge in [0, 0.05) is 34.9 Å². The highest BCUT2D eigenvalue weighted by molar-refractivity contribution is 14.1. The van der Waals surface area contributed by atoms with Crippen LogP contribution in [0.2, 0.25) is 0 Å². The maximum Gasteiger partial charge on any atom is 0.0305 e. The SMILES string of the molecule is CC1CCC2(CCC2)N(I)C1. The van der Waals surface area contributed by atoms with Crippen LogP contribution < -0.4 is 0 Å². The Bertz CT molecular complexity index is 154. The standard InChI is InChI=1S/C9H16IN/c1-8-3-6-9(4-2-5-9)11(10)7-8/h8H,2-7H2,1H3. The zero-order valence-electron chi connectivity index (χ0n) is 7.15. The lowest BCUT2D eigenvalue weighted by molar-refractivity contribution is 0.0534. The summed E-state index contributed by atoms with van der Waals surface area (Å²) in [5.74, 6) is 0.929. The summed E-state index contributed by atoms with van der Waals surface area (Å²) in [4.78, 5) is 0. The number of nitrogens with zero attached hydrogens (tertiary/aromatic N) is 1. The molecule has 1 saturated heterocycles. The van der Waals surface area contributed by atoms with Crippen LogP contribution in [0.25, 0.3) is 0 Å². The van der Waals surface area contributed by atoms with Crippen molar-refractivity contribution in [3.05, 3.63) is 0 Å². The molecule has 0 N–H and O–H groups in total. The maximum absolute atomic E-state index is 2.59. The van der Waals surface area contributed by atoms with Gasteiger partial charge in [0.25, 0.3) is 0 Å². The van der Waals surface area contributed by atoms with Crippen molar-refractivity contribution >= 4 is 22.9 Å². The molecule has 0 radical (unpaired) electrons. The van der Waals surface area contributed by atoms with Gasteiger partial charge in [-0.15, -0.1) is 0 Å². The maximum atomic E-state index is 2.59. The molecule has 0 amide bonds. The molecule has 11 heavy (non-hydrogen) atoms. The van der Waals surface area contributed by atoms with Gasteiger partial charge in [0.05, 0.1) is 0 Å². The fraction of sp³-hybridized carbons (Fsp3) is 1.00. The minimum atomic E-state index is 0.660. The highest BCUT2D eigenvalue weighted by Gasteiger charge is 2.44. The summed E-state index contributed by atoms with van der Waals surface area (Å²) < 4.78 is 2.59. The first-order valence-corrected chi connectivity index (χ1v) is 5.63. The molecule has 1 unspecified atom stereocenters. The second-order valence-electron chi connectivity index (χ2n) is 4.27. The third-order valence-electron chi connectivity index (χ3n) is 3.37. The van der Waals surface area contributed by atoms with Crippen molar-refractivity contribution in [2.24, 2.45) is 5.92 Å². The molecular weight excluding hydrogens is 249 g/mol. The van der Waals surface area contributed by atoms with Crippen LogP contribution in [0, 0.1) is 5.92 Å². The van der Waals surface area contributed by atoms with Crippen LogP contribution in [0.1, 0.15) is 39.0 Å². The molecule has 0 aromatic heterocycles. The minimum Gasteiger partial charge on any atom is -0.241 e. The Morgan fingerprint density at radius 3 is 2.55 bits per heavy atom. The molecule has 0 aromatic carbocycles. The Kier molecular flexibility index (Phi) is 2.17. The third kappa shape index (κ3) is 1.32. The first kappa shape index (κ1) is 8.30. The van der Waals surface area contributed by atoms with Crippen LogP contribution in [0.15, 0.2) is 0 Å². The van der Waals surface area contributed by atoms with Gasteiger partial charge in [0.15, 0.2) is 0 Å². The van der Waals surface area contributed by atoms with Gasteiger partial charge < -0.3 is 0 Å². The summed E-state index contributed by atoms with van der Waals surface area (Å²) >= 11 is 2.54. The summed E-state index contributed by atoms with van der Waals surface area (Å²) in [6.07, 6.45) is 7.30. The number of hydrogen-bond acceptors (Lipinski definition) is 1. The lowest BCUT2D eigenvalue weighted by Crippen LogP contribution is -2.53. The van der Waals surface area contributed by atoms with Crippen LogP contribution in [0.3, 0.4) is 0 Å². The predicted molar refractivity (Wildman–Crippen MR) is 55.7 cm³/mol. The molecule has 2 fully saturated rings. The molecule has 1 spiro atoms. The summed E-state index contributed by atoms with van der Waals surface area (Å²) in [5, 5.41) is 0. The smallest absolute Gasteiger partial charge is 0.0305 e. The van der Waals surface area contributed by atoms with E-state index >= 15 is 0 Å². The molecule has 2 heteroatoms. The van der Waals surface area contributed by atoms with Gasteiger partial charge in [-0.1, -0.05) is 6.92 Å². The number of piperidine rings is 1. The predicted octanol–water partition coefficient (Wildman–Crippen LogP) is 2.99. The monoisotopic (exact) mass is 265 g/mol. The van der Waals surface area contributed by atoms with E-state index in [1.165, 1.54) is 38.6 Å².